The summed E-state index contributed by atoms with van der Waals surface area (Å²) in [4.78, 5) is 23.3. The number of hydrogen-bond acceptors (Lipinski definition) is 2. The van der Waals surface area contributed by atoms with E-state index in [4.69, 9.17) is 0 Å². The Hall–Kier alpha value is -1.95. The van der Waals surface area contributed by atoms with Gasteiger partial charge in [-0.05, 0) is 24.1 Å². The highest BCUT2D eigenvalue weighted by Crippen LogP contribution is 2.41. The lowest BCUT2D eigenvalue weighted by Gasteiger charge is -2.32. The first kappa shape index (κ1) is 16.4. The Kier molecular flexibility index (Phi) is 4.51. The van der Waals surface area contributed by atoms with Gasteiger partial charge in [0, 0.05) is 22.9 Å². The predicted octanol–water partition coefficient (Wildman–Crippen LogP) is 3.40. The number of carbonyl (C=O) groups is 2. The van der Waals surface area contributed by atoms with E-state index in [0.29, 0.717) is 11.1 Å². The smallest absolute Gasteiger partial charge is 0.331 e. The van der Waals surface area contributed by atoms with E-state index in [0.717, 1.165) is 0 Å². The largest absolute Gasteiger partial charge is 0.480 e. The SMILES string of the molecule is CC1=C(C(=O)O)CC(C(=O)O)(c2c(F)cccc2CBr)C=C1. The molecule has 22 heavy (non-hydrogen) atoms. The van der Waals surface area contributed by atoms with Crippen LogP contribution >= 0.6 is 15.9 Å². The van der Waals surface area contributed by atoms with Gasteiger partial charge in [-0.15, -0.1) is 0 Å². The van der Waals surface area contributed by atoms with Crippen LogP contribution in [0.4, 0.5) is 4.39 Å². The van der Waals surface area contributed by atoms with Gasteiger partial charge in [-0.3, -0.25) is 4.79 Å². The second-order valence-corrected chi connectivity index (χ2v) is 5.72. The molecule has 0 bridgehead atoms. The van der Waals surface area contributed by atoms with Crippen LogP contribution in [0.3, 0.4) is 0 Å². The first-order valence-electron chi connectivity index (χ1n) is 6.53. The Morgan fingerprint density at radius 3 is 2.59 bits per heavy atom. The number of allylic oxidation sites excluding steroid dienone is 2. The monoisotopic (exact) mass is 368 g/mol. The molecule has 0 aromatic heterocycles. The summed E-state index contributed by atoms with van der Waals surface area (Å²) < 4.78 is 14.4. The van der Waals surface area contributed by atoms with Crippen LogP contribution in [0.25, 0.3) is 0 Å². The van der Waals surface area contributed by atoms with Gasteiger partial charge in [-0.25, -0.2) is 9.18 Å². The van der Waals surface area contributed by atoms with Crippen molar-refractivity contribution in [2.24, 2.45) is 0 Å². The van der Waals surface area contributed by atoms with Crippen LogP contribution in [0, 0.1) is 5.82 Å². The first-order valence-corrected chi connectivity index (χ1v) is 7.65. The molecule has 1 unspecified atom stereocenters. The number of hydrogen-bond donors (Lipinski definition) is 2. The van der Waals surface area contributed by atoms with Crippen LogP contribution in [0.1, 0.15) is 24.5 Å². The molecule has 1 aromatic carbocycles. The van der Waals surface area contributed by atoms with Crippen molar-refractivity contribution in [1.29, 1.82) is 0 Å². The fourth-order valence-corrected chi connectivity index (χ4v) is 3.16. The summed E-state index contributed by atoms with van der Waals surface area (Å²) in [5.74, 6) is -3.13. The maximum Gasteiger partial charge on any atom is 0.331 e. The van der Waals surface area contributed by atoms with Crippen molar-refractivity contribution in [3.63, 3.8) is 0 Å². The number of carboxylic acids is 2. The Bertz CT molecular complexity index is 708. The zero-order valence-corrected chi connectivity index (χ0v) is 13.4. The van der Waals surface area contributed by atoms with Crippen LogP contribution in [0.15, 0.2) is 41.5 Å². The van der Waals surface area contributed by atoms with E-state index < -0.39 is 23.2 Å². The molecule has 1 atom stereocenters. The first-order chi connectivity index (χ1) is 10.3. The molecule has 2 N–H and O–H groups in total. The minimum atomic E-state index is -1.72. The van der Waals surface area contributed by atoms with Gasteiger partial charge < -0.3 is 10.2 Å². The van der Waals surface area contributed by atoms with Gasteiger partial charge in [0.2, 0.25) is 0 Å². The Morgan fingerprint density at radius 1 is 1.36 bits per heavy atom. The predicted molar refractivity (Wildman–Crippen MR) is 82.4 cm³/mol. The molecule has 0 fully saturated rings. The average molecular weight is 369 g/mol. The quantitative estimate of drug-likeness (QED) is 0.798. The molecule has 1 aromatic rings. The molecule has 1 aliphatic carbocycles. The van der Waals surface area contributed by atoms with Crippen molar-refractivity contribution >= 4 is 27.9 Å². The van der Waals surface area contributed by atoms with E-state index in [2.05, 4.69) is 15.9 Å². The fourth-order valence-electron chi connectivity index (χ4n) is 2.69. The average Bonchev–Trinajstić information content (AvgIpc) is 2.47. The number of rotatable bonds is 4. The molecule has 6 heteroatoms. The Morgan fingerprint density at radius 2 is 2.05 bits per heavy atom. The third-order valence-corrected chi connectivity index (χ3v) is 4.48. The molecule has 1 aliphatic rings. The number of carboxylic acid groups (broad SMARTS) is 2. The van der Waals surface area contributed by atoms with Gasteiger partial charge in [0.15, 0.2) is 0 Å². The fraction of sp³-hybridized carbons (Fsp3) is 0.250. The minimum absolute atomic E-state index is 0.00174. The highest BCUT2D eigenvalue weighted by atomic mass is 79.9. The summed E-state index contributed by atoms with van der Waals surface area (Å²) >= 11 is 3.23. The van der Waals surface area contributed by atoms with Crippen molar-refractivity contribution in [2.75, 3.05) is 0 Å². The summed E-state index contributed by atoms with van der Waals surface area (Å²) in [6.07, 6.45) is 2.52. The molecule has 0 saturated heterocycles. The van der Waals surface area contributed by atoms with Crippen LogP contribution in [-0.4, -0.2) is 22.2 Å². The van der Waals surface area contributed by atoms with E-state index in [1.807, 2.05) is 0 Å². The topological polar surface area (TPSA) is 74.6 Å². The van der Waals surface area contributed by atoms with Gasteiger partial charge in [-0.2, -0.15) is 0 Å². The number of aliphatic carboxylic acids is 2. The maximum absolute atomic E-state index is 14.4. The molecule has 2 rings (SSSR count). The Balaban J connectivity index is 2.71. The third kappa shape index (κ3) is 2.59. The number of halogens is 2. The van der Waals surface area contributed by atoms with Crippen LogP contribution in [0.5, 0.6) is 0 Å². The van der Waals surface area contributed by atoms with Crippen LogP contribution < -0.4 is 0 Å². The molecule has 0 radical (unpaired) electrons. The summed E-state index contributed by atoms with van der Waals surface area (Å²) in [7, 11) is 0. The lowest BCUT2D eigenvalue weighted by Crippen LogP contribution is -2.38. The van der Waals surface area contributed by atoms with Crippen molar-refractivity contribution in [2.45, 2.75) is 24.1 Å². The third-order valence-electron chi connectivity index (χ3n) is 3.88. The zero-order valence-electron chi connectivity index (χ0n) is 11.8. The van der Waals surface area contributed by atoms with E-state index in [1.54, 1.807) is 13.0 Å². The summed E-state index contributed by atoms with van der Waals surface area (Å²) in [5, 5.41) is 19.3. The minimum Gasteiger partial charge on any atom is -0.480 e. The zero-order chi connectivity index (χ0) is 16.5. The van der Waals surface area contributed by atoms with Gasteiger partial charge >= 0.3 is 11.9 Å². The normalized spacial score (nSPS) is 21.0. The molecule has 0 heterocycles. The van der Waals surface area contributed by atoms with E-state index in [-0.39, 0.29) is 22.9 Å². The molecule has 4 nitrogen and oxygen atoms in total. The highest BCUT2D eigenvalue weighted by molar-refractivity contribution is 9.08. The Labute approximate surface area is 135 Å². The second-order valence-electron chi connectivity index (χ2n) is 5.16. The highest BCUT2D eigenvalue weighted by Gasteiger charge is 2.45. The summed E-state index contributed by atoms with van der Waals surface area (Å²) in [5.41, 5.74) is -0.783. The molecule has 0 saturated carbocycles. The molecule has 0 spiro atoms. The molecule has 0 amide bonds. The van der Waals surface area contributed by atoms with E-state index in [9.17, 15) is 24.2 Å². The number of alkyl halides is 1. The standard InChI is InChI=1S/C16H14BrFO4/c1-9-5-6-16(15(21)22,7-11(9)14(19)20)13-10(8-17)3-2-4-12(13)18/h2-6H,7-8H2,1H3,(H,19,20)(H,21,22). The summed E-state index contributed by atoms with van der Waals surface area (Å²) in [6.45, 7) is 1.60. The van der Waals surface area contributed by atoms with Crippen LogP contribution in [-0.2, 0) is 20.3 Å². The van der Waals surface area contributed by atoms with Crippen molar-refractivity contribution in [1.82, 2.24) is 0 Å². The second kappa shape index (κ2) is 6.04. The number of benzene rings is 1. The summed E-state index contributed by atoms with van der Waals surface area (Å²) in [6, 6.07) is 4.31. The van der Waals surface area contributed by atoms with E-state index in [1.165, 1.54) is 24.3 Å². The lowest BCUT2D eigenvalue weighted by atomic mass is 9.70. The maximum atomic E-state index is 14.4. The van der Waals surface area contributed by atoms with Gasteiger partial charge in [0.25, 0.3) is 0 Å². The van der Waals surface area contributed by atoms with Crippen LogP contribution in [0.2, 0.25) is 0 Å². The molecule has 0 aliphatic heterocycles. The van der Waals surface area contributed by atoms with Crippen molar-refractivity contribution in [3.05, 3.63) is 58.4 Å². The van der Waals surface area contributed by atoms with Gasteiger partial charge in [0.1, 0.15) is 11.2 Å². The van der Waals surface area contributed by atoms with Gasteiger partial charge in [-0.1, -0.05) is 40.2 Å². The van der Waals surface area contributed by atoms with Gasteiger partial charge in [0.05, 0.1) is 0 Å². The van der Waals surface area contributed by atoms with E-state index >= 15 is 0 Å². The lowest BCUT2D eigenvalue weighted by molar-refractivity contribution is -0.142. The molecular weight excluding hydrogens is 355 g/mol. The van der Waals surface area contributed by atoms with Crippen molar-refractivity contribution in [3.8, 4) is 0 Å². The molecular formula is C16H14BrFO4. The van der Waals surface area contributed by atoms with Crippen molar-refractivity contribution < 1.29 is 24.2 Å². The molecule has 116 valence electrons.